The molecule has 0 bridgehead atoms. The first-order chi connectivity index (χ1) is 4.27. The molecule has 0 aromatic heterocycles. The highest BCUT2D eigenvalue weighted by Crippen LogP contribution is 1.79. The summed E-state index contributed by atoms with van der Waals surface area (Å²) in [5.41, 5.74) is 0. The zero-order valence-electron chi connectivity index (χ0n) is 6.57. The van der Waals surface area contributed by atoms with E-state index in [0.717, 1.165) is 19.4 Å². The Morgan fingerprint density at radius 2 is 1.89 bits per heavy atom. The molecule has 0 heterocycles. The van der Waals surface area contributed by atoms with Crippen LogP contribution in [0.3, 0.4) is 0 Å². The molecule has 52 valence electrons. The van der Waals surface area contributed by atoms with Gasteiger partial charge in [-0.2, -0.15) is 0 Å². The van der Waals surface area contributed by atoms with Crippen molar-refractivity contribution < 1.29 is 0 Å². The van der Waals surface area contributed by atoms with E-state index >= 15 is 0 Å². The van der Waals surface area contributed by atoms with Gasteiger partial charge in [0.1, 0.15) is 0 Å². The largest absolute Gasteiger partial charge is 0.308 e. The van der Waals surface area contributed by atoms with Crippen LogP contribution in [0.5, 0.6) is 0 Å². The Morgan fingerprint density at radius 1 is 1.22 bits per heavy atom. The molecule has 0 aliphatic rings. The summed E-state index contributed by atoms with van der Waals surface area (Å²) in [6.45, 7) is 3.15. The zero-order chi connectivity index (χ0) is 7.11. The minimum atomic E-state index is 0.980. The molecule has 0 unspecified atom stereocenters. The van der Waals surface area contributed by atoms with E-state index in [0.29, 0.717) is 0 Å². The number of hydrogen-bond donors (Lipinski definition) is 0. The lowest BCUT2D eigenvalue weighted by molar-refractivity contribution is 0.420. The molecule has 0 aromatic rings. The van der Waals surface area contributed by atoms with Crippen molar-refractivity contribution in [1.82, 2.24) is 4.90 Å². The summed E-state index contributed by atoms with van der Waals surface area (Å²) in [7, 11) is 4.13. The maximum absolute atomic E-state index is 3.07. The fourth-order valence-electron chi connectivity index (χ4n) is 0.493. The van der Waals surface area contributed by atoms with Gasteiger partial charge >= 0.3 is 0 Å². The van der Waals surface area contributed by atoms with Crippen LogP contribution >= 0.6 is 0 Å². The van der Waals surface area contributed by atoms with E-state index in [1.165, 1.54) is 0 Å². The molecule has 0 fully saturated rings. The Morgan fingerprint density at radius 3 is 2.33 bits per heavy atom. The molecule has 0 saturated carbocycles. The van der Waals surface area contributed by atoms with Crippen molar-refractivity contribution >= 4 is 0 Å². The first kappa shape index (κ1) is 8.52. The second-order valence-corrected chi connectivity index (χ2v) is 2.26. The van der Waals surface area contributed by atoms with Crippen LogP contribution in [0.15, 0.2) is 0 Å². The lowest BCUT2D eigenvalue weighted by atomic mass is 10.4. The quantitative estimate of drug-likeness (QED) is 0.503. The molecule has 0 spiro atoms. The van der Waals surface area contributed by atoms with Gasteiger partial charge in [-0.1, -0.05) is 6.92 Å². The molecule has 0 N–H and O–H groups in total. The molecule has 0 aliphatic carbocycles. The molecule has 0 amide bonds. The van der Waals surface area contributed by atoms with Crippen molar-refractivity contribution in [3.63, 3.8) is 0 Å². The van der Waals surface area contributed by atoms with E-state index in [-0.39, 0.29) is 0 Å². The molecular weight excluding hydrogens is 110 g/mol. The highest BCUT2D eigenvalue weighted by atomic mass is 15.0. The molecule has 1 heteroatoms. The van der Waals surface area contributed by atoms with Gasteiger partial charge in [-0.05, 0) is 14.1 Å². The Hall–Kier alpha value is -0.480. The zero-order valence-corrected chi connectivity index (χ0v) is 6.57. The maximum atomic E-state index is 3.07. The second-order valence-electron chi connectivity index (χ2n) is 2.26. The summed E-state index contributed by atoms with van der Waals surface area (Å²) in [5, 5.41) is 0. The summed E-state index contributed by atoms with van der Waals surface area (Å²) in [6.07, 6.45) is 1.98. The van der Waals surface area contributed by atoms with Crippen LogP contribution in [-0.2, 0) is 0 Å². The van der Waals surface area contributed by atoms with Crippen molar-refractivity contribution in [2.24, 2.45) is 0 Å². The van der Waals surface area contributed by atoms with Crippen molar-refractivity contribution in [1.29, 1.82) is 0 Å². The van der Waals surface area contributed by atoms with Gasteiger partial charge in [-0.25, -0.2) is 0 Å². The molecule has 9 heavy (non-hydrogen) atoms. The average Bonchev–Trinajstić information content (AvgIpc) is 1.80. The third-order valence-corrected chi connectivity index (χ3v) is 0.986. The average molecular weight is 125 g/mol. The van der Waals surface area contributed by atoms with Gasteiger partial charge in [0, 0.05) is 19.4 Å². The van der Waals surface area contributed by atoms with Crippen LogP contribution in [0, 0.1) is 11.8 Å². The van der Waals surface area contributed by atoms with E-state index in [1.807, 2.05) is 0 Å². The van der Waals surface area contributed by atoms with Crippen molar-refractivity contribution in [3.8, 4) is 11.8 Å². The summed E-state index contributed by atoms with van der Waals surface area (Å²) in [6, 6.07) is 0. The first-order valence-corrected chi connectivity index (χ1v) is 3.37. The van der Waals surface area contributed by atoms with Gasteiger partial charge in [-0.15, -0.1) is 11.8 Å². The maximum Gasteiger partial charge on any atom is 0.0216 e. The first-order valence-electron chi connectivity index (χ1n) is 3.37. The molecule has 0 rings (SSSR count). The summed E-state index contributed by atoms with van der Waals surface area (Å²) < 4.78 is 0. The fraction of sp³-hybridized carbons (Fsp3) is 0.750. The highest BCUT2D eigenvalue weighted by molar-refractivity contribution is 4.97. The monoisotopic (exact) mass is 125 g/mol. The molecule has 0 atom stereocenters. The number of rotatable bonds is 2. The van der Waals surface area contributed by atoms with E-state index in [4.69, 9.17) is 0 Å². The number of nitrogens with zero attached hydrogens (tertiary/aromatic N) is 1. The lowest BCUT2D eigenvalue weighted by Crippen LogP contribution is -2.11. The SMILES string of the molecule is CCC#CCCN(C)C. The van der Waals surface area contributed by atoms with Crippen LogP contribution < -0.4 is 0 Å². The van der Waals surface area contributed by atoms with Gasteiger partial charge in [0.05, 0.1) is 0 Å². The molecule has 0 radical (unpaired) electrons. The Balaban J connectivity index is 3.09. The van der Waals surface area contributed by atoms with Crippen LogP contribution in [0.2, 0.25) is 0 Å². The molecule has 0 saturated heterocycles. The van der Waals surface area contributed by atoms with Crippen LogP contribution in [0.4, 0.5) is 0 Å². The van der Waals surface area contributed by atoms with Gasteiger partial charge < -0.3 is 4.90 Å². The van der Waals surface area contributed by atoms with E-state index < -0.39 is 0 Å². The van der Waals surface area contributed by atoms with E-state index in [1.54, 1.807) is 0 Å². The third kappa shape index (κ3) is 7.52. The smallest absolute Gasteiger partial charge is 0.0216 e. The Kier molecular flexibility index (Phi) is 5.35. The van der Waals surface area contributed by atoms with E-state index in [2.05, 4.69) is 37.8 Å². The molecular formula is C8H15N. The Labute approximate surface area is 58.1 Å². The lowest BCUT2D eigenvalue weighted by Gasteiger charge is -2.03. The van der Waals surface area contributed by atoms with E-state index in [9.17, 15) is 0 Å². The standard InChI is InChI=1S/C8H15N/c1-4-5-6-7-8-9(2)3/h4,7-8H2,1-3H3. The summed E-state index contributed by atoms with van der Waals surface area (Å²) in [5.74, 6) is 6.10. The predicted octanol–water partition coefficient (Wildman–Crippen LogP) is 1.35. The molecule has 0 aromatic carbocycles. The minimum absolute atomic E-state index is 0.980. The van der Waals surface area contributed by atoms with Crippen LogP contribution in [0.25, 0.3) is 0 Å². The van der Waals surface area contributed by atoms with Gasteiger partial charge in [-0.3, -0.25) is 0 Å². The van der Waals surface area contributed by atoms with Crippen LogP contribution in [-0.4, -0.2) is 25.5 Å². The van der Waals surface area contributed by atoms with Gasteiger partial charge in [0.2, 0.25) is 0 Å². The van der Waals surface area contributed by atoms with Crippen molar-refractivity contribution in [2.45, 2.75) is 19.8 Å². The van der Waals surface area contributed by atoms with Crippen molar-refractivity contribution in [2.75, 3.05) is 20.6 Å². The predicted molar refractivity (Wildman–Crippen MR) is 41.2 cm³/mol. The fourth-order valence-corrected chi connectivity index (χ4v) is 0.493. The third-order valence-electron chi connectivity index (χ3n) is 0.986. The minimum Gasteiger partial charge on any atom is -0.308 e. The van der Waals surface area contributed by atoms with Gasteiger partial charge in [0.25, 0.3) is 0 Å². The second kappa shape index (κ2) is 5.65. The number of hydrogen-bond acceptors (Lipinski definition) is 1. The van der Waals surface area contributed by atoms with Gasteiger partial charge in [0.15, 0.2) is 0 Å². The molecule has 0 aliphatic heterocycles. The molecule has 1 nitrogen and oxygen atoms in total. The topological polar surface area (TPSA) is 3.24 Å². The Bertz CT molecular complexity index is 105. The van der Waals surface area contributed by atoms with Crippen LogP contribution in [0.1, 0.15) is 19.8 Å². The normalized spacial score (nSPS) is 8.89. The summed E-state index contributed by atoms with van der Waals surface area (Å²) in [4.78, 5) is 2.14. The van der Waals surface area contributed by atoms with Crippen molar-refractivity contribution in [3.05, 3.63) is 0 Å². The summed E-state index contributed by atoms with van der Waals surface area (Å²) >= 11 is 0. The highest BCUT2D eigenvalue weighted by Gasteiger charge is 1.82.